The molecule has 12 heavy (non-hydrogen) atoms. The Morgan fingerprint density at radius 2 is 1.92 bits per heavy atom. The van der Waals surface area contributed by atoms with E-state index in [1.165, 1.54) is 25.8 Å². The summed E-state index contributed by atoms with van der Waals surface area (Å²) in [6, 6.07) is 0.872. The van der Waals surface area contributed by atoms with E-state index < -0.39 is 0 Å². The Hall–Kier alpha value is -0.0400. The maximum Gasteiger partial charge on any atom is 0.00682 e. The molecule has 0 aromatic heterocycles. The molecule has 0 aromatic carbocycles. The predicted octanol–water partition coefficient (Wildman–Crippen LogP) is 2.81. The van der Waals surface area contributed by atoms with Gasteiger partial charge in [-0.15, -0.1) is 0 Å². The summed E-state index contributed by atoms with van der Waals surface area (Å²) in [6.45, 7) is 10.6. The van der Waals surface area contributed by atoms with Gasteiger partial charge < -0.3 is 5.32 Å². The minimum atomic E-state index is 0.477. The van der Waals surface area contributed by atoms with Crippen molar-refractivity contribution in [2.24, 2.45) is 11.3 Å². The highest BCUT2D eigenvalue weighted by atomic mass is 14.9. The van der Waals surface area contributed by atoms with Crippen molar-refractivity contribution in [2.75, 3.05) is 6.54 Å². The Kier molecular flexibility index (Phi) is 3.16. The smallest absolute Gasteiger partial charge is 0.00682 e. The Balaban J connectivity index is 2.04. The van der Waals surface area contributed by atoms with Gasteiger partial charge in [0, 0.05) is 6.04 Å². The fraction of sp³-hybridized carbons (Fsp3) is 1.00. The van der Waals surface area contributed by atoms with Gasteiger partial charge in [-0.2, -0.15) is 0 Å². The van der Waals surface area contributed by atoms with Crippen molar-refractivity contribution in [1.82, 2.24) is 5.32 Å². The van der Waals surface area contributed by atoms with Crippen LogP contribution in [0.2, 0.25) is 0 Å². The molecule has 0 radical (unpaired) electrons. The third kappa shape index (κ3) is 3.57. The first-order valence-corrected chi connectivity index (χ1v) is 5.23. The van der Waals surface area contributed by atoms with Crippen molar-refractivity contribution in [3.63, 3.8) is 0 Å². The second-order valence-electron chi connectivity index (χ2n) is 5.28. The molecule has 72 valence electrons. The van der Waals surface area contributed by atoms with Gasteiger partial charge in [-0.1, -0.05) is 27.7 Å². The van der Waals surface area contributed by atoms with E-state index in [2.05, 4.69) is 33.0 Å². The topological polar surface area (TPSA) is 12.0 Å². The van der Waals surface area contributed by atoms with E-state index in [1.807, 2.05) is 0 Å². The van der Waals surface area contributed by atoms with Crippen LogP contribution in [0.1, 0.15) is 47.0 Å². The molecule has 0 aromatic rings. The van der Waals surface area contributed by atoms with E-state index in [1.54, 1.807) is 0 Å². The van der Waals surface area contributed by atoms with Crippen molar-refractivity contribution >= 4 is 0 Å². The lowest BCUT2D eigenvalue weighted by Gasteiger charge is -2.27. The largest absolute Gasteiger partial charge is 0.314 e. The van der Waals surface area contributed by atoms with Gasteiger partial charge >= 0.3 is 0 Å². The first kappa shape index (κ1) is 10.0. The third-order valence-corrected chi connectivity index (χ3v) is 3.07. The van der Waals surface area contributed by atoms with Gasteiger partial charge in [0.25, 0.3) is 0 Å². The second-order valence-corrected chi connectivity index (χ2v) is 5.28. The molecule has 1 aliphatic rings. The summed E-state index contributed by atoms with van der Waals surface area (Å²) >= 11 is 0. The normalized spacial score (nSPS) is 21.0. The van der Waals surface area contributed by atoms with Crippen molar-refractivity contribution in [2.45, 2.75) is 53.0 Å². The zero-order valence-electron chi connectivity index (χ0n) is 8.98. The number of hydrogen-bond donors (Lipinski definition) is 1. The summed E-state index contributed by atoms with van der Waals surface area (Å²) in [5.74, 6) is 0.823. The van der Waals surface area contributed by atoms with Crippen LogP contribution in [0.4, 0.5) is 0 Å². The molecule has 0 heterocycles. The Morgan fingerprint density at radius 3 is 2.33 bits per heavy atom. The highest BCUT2D eigenvalue weighted by Gasteiger charge is 2.22. The highest BCUT2D eigenvalue weighted by molar-refractivity contribution is 4.81. The van der Waals surface area contributed by atoms with Gasteiger partial charge in [0.1, 0.15) is 0 Å². The molecule has 1 fully saturated rings. The molecule has 1 saturated carbocycles. The molecule has 0 amide bonds. The van der Waals surface area contributed by atoms with Gasteiger partial charge in [-0.25, -0.2) is 0 Å². The van der Waals surface area contributed by atoms with Crippen molar-refractivity contribution < 1.29 is 0 Å². The van der Waals surface area contributed by atoms with Crippen molar-refractivity contribution in [1.29, 1.82) is 0 Å². The van der Waals surface area contributed by atoms with Gasteiger partial charge in [0.2, 0.25) is 0 Å². The van der Waals surface area contributed by atoms with Crippen LogP contribution >= 0.6 is 0 Å². The van der Waals surface area contributed by atoms with E-state index in [9.17, 15) is 0 Å². The molecule has 0 bridgehead atoms. The molecule has 1 heteroatoms. The lowest BCUT2D eigenvalue weighted by molar-refractivity contribution is 0.245. The highest BCUT2D eigenvalue weighted by Crippen LogP contribution is 2.28. The molecule has 1 N–H and O–H groups in total. The van der Waals surface area contributed by atoms with Gasteiger partial charge in [-0.3, -0.25) is 0 Å². The summed E-state index contributed by atoms with van der Waals surface area (Å²) in [6.07, 6.45) is 4.13. The van der Waals surface area contributed by atoms with Crippen LogP contribution in [0.5, 0.6) is 0 Å². The molecule has 1 rings (SSSR count). The van der Waals surface area contributed by atoms with Crippen LogP contribution < -0.4 is 5.32 Å². The van der Waals surface area contributed by atoms with E-state index >= 15 is 0 Å². The van der Waals surface area contributed by atoms with Gasteiger partial charge in [-0.05, 0) is 37.1 Å². The summed E-state index contributed by atoms with van der Waals surface area (Å²) < 4.78 is 0. The lowest BCUT2D eigenvalue weighted by atomic mass is 9.80. The summed E-state index contributed by atoms with van der Waals surface area (Å²) in [5.41, 5.74) is 0.477. The fourth-order valence-electron chi connectivity index (χ4n) is 1.22. The molecule has 0 saturated heterocycles. The Morgan fingerprint density at radius 1 is 1.33 bits per heavy atom. The molecule has 0 spiro atoms. The maximum atomic E-state index is 3.56. The molecular formula is C11H23N. The van der Waals surface area contributed by atoms with Gasteiger partial charge in [0.05, 0.1) is 0 Å². The number of nitrogens with one attached hydrogen (secondary N) is 1. The zero-order valence-corrected chi connectivity index (χ0v) is 8.98. The van der Waals surface area contributed by atoms with E-state index in [0.29, 0.717) is 5.41 Å². The van der Waals surface area contributed by atoms with Crippen molar-refractivity contribution in [3.05, 3.63) is 0 Å². The first-order chi connectivity index (χ1) is 5.50. The minimum Gasteiger partial charge on any atom is -0.314 e. The summed E-state index contributed by atoms with van der Waals surface area (Å²) in [7, 11) is 0. The Labute approximate surface area is 76.9 Å². The fourth-order valence-corrected chi connectivity index (χ4v) is 1.22. The SMILES string of the molecule is CC(CCNC1CC1)C(C)(C)C. The predicted molar refractivity (Wildman–Crippen MR) is 54.3 cm³/mol. The van der Waals surface area contributed by atoms with Gasteiger partial charge in [0.15, 0.2) is 0 Å². The monoisotopic (exact) mass is 169 g/mol. The van der Waals surface area contributed by atoms with Crippen LogP contribution in [0.25, 0.3) is 0 Å². The van der Waals surface area contributed by atoms with E-state index in [-0.39, 0.29) is 0 Å². The quantitative estimate of drug-likeness (QED) is 0.682. The molecule has 1 aliphatic carbocycles. The van der Waals surface area contributed by atoms with Crippen LogP contribution in [0.3, 0.4) is 0 Å². The van der Waals surface area contributed by atoms with E-state index in [4.69, 9.17) is 0 Å². The summed E-state index contributed by atoms with van der Waals surface area (Å²) in [4.78, 5) is 0. The standard InChI is InChI=1S/C11H23N/c1-9(11(2,3)4)7-8-12-10-5-6-10/h9-10,12H,5-8H2,1-4H3. The van der Waals surface area contributed by atoms with Crippen LogP contribution in [0, 0.1) is 11.3 Å². The average Bonchev–Trinajstić information content (AvgIpc) is 2.69. The lowest BCUT2D eigenvalue weighted by Crippen LogP contribution is -2.24. The van der Waals surface area contributed by atoms with E-state index in [0.717, 1.165) is 12.0 Å². The van der Waals surface area contributed by atoms with Crippen LogP contribution in [-0.2, 0) is 0 Å². The van der Waals surface area contributed by atoms with Crippen molar-refractivity contribution in [3.8, 4) is 0 Å². The molecular weight excluding hydrogens is 146 g/mol. The molecule has 1 nitrogen and oxygen atoms in total. The van der Waals surface area contributed by atoms with Crippen LogP contribution in [0.15, 0.2) is 0 Å². The minimum absolute atomic E-state index is 0.477. The molecule has 1 unspecified atom stereocenters. The first-order valence-electron chi connectivity index (χ1n) is 5.23. The zero-order chi connectivity index (χ0) is 9.19. The van der Waals surface area contributed by atoms with Crippen LogP contribution in [-0.4, -0.2) is 12.6 Å². The number of rotatable bonds is 4. The molecule has 0 aliphatic heterocycles. The maximum absolute atomic E-state index is 3.56. The molecule has 1 atom stereocenters. The average molecular weight is 169 g/mol. The third-order valence-electron chi connectivity index (χ3n) is 3.07. The Bertz CT molecular complexity index is 130. The second kappa shape index (κ2) is 3.78. The summed E-state index contributed by atoms with van der Waals surface area (Å²) in [5, 5.41) is 3.56. The number of hydrogen-bond acceptors (Lipinski definition) is 1.